The van der Waals surface area contributed by atoms with E-state index in [2.05, 4.69) is 33.2 Å². The molecule has 1 aromatic carbocycles. The van der Waals surface area contributed by atoms with Crippen LogP contribution >= 0.6 is 0 Å². The molecule has 4 aromatic rings. The maximum absolute atomic E-state index is 12.9. The fourth-order valence-electron chi connectivity index (χ4n) is 4.87. The first kappa shape index (κ1) is 25.9. The number of rotatable bonds is 4. The summed E-state index contributed by atoms with van der Waals surface area (Å²) >= 11 is 0. The number of nitrogens with zero attached hydrogens (tertiary/aromatic N) is 7. The highest BCUT2D eigenvalue weighted by Crippen LogP contribution is 2.34. The fourth-order valence-corrected chi connectivity index (χ4v) is 4.87. The zero-order valence-corrected chi connectivity index (χ0v) is 21.5. The first-order valence-corrected chi connectivity index (χ1v) is 12.5. The summed E-state index contributed by atoms with van der Waals surface area (Å²) in [5.74, 6) is 5.35. The summed E-state index contributed by atoms with van der Waals surface area (Å²) in [6.07, 6.45) is 4.65. The molecule has 0 bridgehead atoms. The molecule has 11 nitrogen and oxygen atoms in total. The van der Waals surface area contributed by atoms with E-state index in [1.165, 1.54) is 24.4 Å². The molecule has 0 aliphatic carbocycles. The van der Waals surface area contributed by atoms with E-state index in [9.17, 15) is 14.9 Å². The van der Waals surface area contributed by atoms with Gasteiger partial charge in [-0.15, -0.1) is 0 Å². The summed E-state index contributed by atoms with van der Waals surface area (Å²) in [5.41, 5.74) is 9.05. The lowest BCUT2D eigenvalue weighted by Gasteiger charge is -2.30. The topological polar surface area (TPSA) is 166 Å². The number of anilines is 2. The molecule has 5 rings (SSSR count). The van der Waals surface area contributed by atoms with Crippen LogP contribution in [0.1, 0.15) is 52.9 Å². The first-order chi connectivity index (χ1) is 19.4. The Bertz CT molecular complexity index is 1800. The fraction of sp³-hybridized carbons (Fsp3) is 0.207. The second-order valence-electron chi connectivity index (χ2n) is 9.18. The summed E-state index contributed by atoms with van der Waals surface area (Å²) in [6, 6.07) is 13.7. The third-order valence-corrected chi connectivity index (χ3v) is 6.71. The smallest absolute Gasteiger partial charge is 0.298 e. The molecule has 0 spiro atoms. The number of aromatic nitrogens is 4. The highest BCUT2D eigenvalue weighted by atomic mass is 16.2. The van der Waals surface area contributed by atoms with Gasteiger partial charge in [0.1, 0.15) is 11.6 Å². The van der Waals surface area contributed by atoms with Gasteiger partial charge in [0.25, 0.3) is 11.8 Å². The number of likely N-dealkylation sites (tertiary alicyclic amines) is 1. The molecule has 1 unspecified atom stereocenters. The van der Waals surface area contributed by atoms with E-state index < -0.39 is 5.91 Å². The lowest BCUT2D eigenvalue weighted by molar-refractivity contribution is -0.126. The van der Waals surface area contributed by atoms with E-state index in [0.717, 1.165) is 24.1 Å². The number of hydrogen-bond donors (Lipinski definition) is 2. The van der Waals surface area contributed by atoms with E-state index in [-0.39, 0.29) is 34.7 Å². The number of nitrogens with two attached hydrogens (primary N) is 1. The maximum Gasteiger partial charge on any atom is 0.298 e. The summed E-state index contributed by atoms with van der Waals surface area (Å²) in [4.78, 5) is 40.3. The molecular formula is C29H23N9O2. The molecule has 3 aromatic heterocycles. The number of benzene rings is 1. The minimum atomic E-state index is -0.484. The molecule has 11 heteroatoms. The molecule has 2 amide bonds. The molecule has 1 saturated heterocycles. The minimum absolute atomic E-state index is 0.0610. The first-order valence-electron chi connectivity index (χ1n) is 12.5. The van der Waals surface area contributed by atoms with Crippen molar-refractivity contribution in [3.8, 4) is 35.4 Å². The second-order valence-corrected chi connectivity index (χ2v) is 9.18. The van der Waals surface area contributed by atoms with Gasteiger partial charge in [-0.1, -0.05) is 5.92 Å². The average molecular weight is 530 g/mol. The number of amides is 2. The van der Waals surface area contributed by atoms with Crippen LogP contribution in [0.4, 0.5) is 11.8 Å². The number of hydrogen-bond acceptors (Lipinski definition) is 8. The highest BCUT2D eigenvalue weighted by molar-refractivity contribution is 6.04. The van der Waals surface area contributed by atoms with Crippen molar-refractivity contribution in [2.24, 2.45) is 0 Å². The van der Waals surface area contributed by atoms with Crippen LogP contribution in [0.3, 0.4) is 0 Å². The van der Waals surface area contributed by atoms with Crippen LogP contribution in [0.15, 0.2) is 48.8 Å². The Hall–Kier alpha value is -5.73. The summed E-state index contributed by atoms with van der Waals surface area (Å²) in [7, 11) is 0. The molecule has 4 heterocycles. The van der Waals surface area contributed by atoms with Crippen molar-refractivity contribution in [1.29, 1.82) is 10.5 Å². The third kappa shape index (κ3) is 4.90. The van der Waals surface area contributed by atoms with Crippen molar-refractivity contribution in [2.45, 2.75) is 25.7 Å². The van der Waals surface area contributed by atoms with Crippen LogP contribution < -0.4 is 11.1 Å². The Morgan fingerprint density at radius 2 is 1.93 bits per heavy atom. The average Bonchev–Trinajstić information content (AvgIpc) is 3.38. The lowest BCUT2D eigenvalue weighted by atomic mass is 9.94. The SMILES string of the molecule is CC#CC(=O)N1CCCC(c2nc(-c3ccc(C(=O)Nc4cc(C#N)ccn4)cc3C#N)n3c(N)nccc23)C1. The number of fused-ring (bicyclic) bond motifs is 1. The number of nitriles is 2. The number of nitrogen functional groups attached to an aromatic ring is 1. The van der Waals surface area contributed by atoms with Gasteiger partial charge in [0.15, 0.2) is 0 Å². The van der Waals surface area contributed by atoms with E-state index in [1.54, 1.807) is 34.6 Å². The van der Waals surface area contributed by atoms with Crippen LogP contribution in [0.25, 0.3) is 16.9 Å². The predicted molar refractivity (Wildman–Crippen MR) is 146 cm³/mol. The standard InChI is InChI=1S/C29H23N9O2/c1-2-4-25(39)37-12-3-5-20(17-37)26-23-9-11-34-29(32)38(23)27(36-26)22-7-6-19(14-21(22)16-31)28(40)35-24-13-18(15-30)8-10-33-24/h6-11,13-14,20H,3,5,12,17H2,1H3,(H2,32,34)(H,33,35,40). The zero-order valence-electron chi connectivity index (χ0n) is 21.5. The van der Waals surface area contributed by atoms with Gasteiger partial charge >= 0.3 is 0 Å². The van der Waals surface area contributed by atoms with E-state index in [1.807, 2.05) is 12.1 Å². The Morgan fingerprint density at radius 1 is 1.10 bits per heavy atom. The van der Waals surface area contributed by atoms with Crippen LogP contribution in [-0.4, -0.2) is 49.2 Å². The number of pyridine rings is 1. The van der Waals surface area contributed by atoms with E-state index in [4.69, 9.17) is 16.0 Å². The van der Waals surface area contributed by atoms with Crippen LogP contribution in [0, 0.1) is 34.5 Å². The normalized spacial score (nSPS) is 14.5. The Morgan fingerprint density at radius 3 is 2.70 bits per heavy atom. The summed E-state index contributed by atoms with van der Waals surface area (Å²) in [5, 5.41) is 21.8. The van der Waals surface area contributed by atoms with Crippen LogP contribution in [0.2, 0.25) is 0 Å². The molecule has 1 aliphatic rings. The largest absolute Gasteiger partial charge is 0.369 e. The van der Waals surface area contributed by atoms with Gasteiger partial charge < -0.3 is 16.0 Å². The Labute approximate surface area is 229 Å². The second kappa shape index (κ2) is 10.9. The van der Waals surface area contributed by atoms with Crippen molar-refractivity contribution in [1.82, 2.24) is 24.3 Å². The van der Waals surface area contributed by atoms with E-state index in [0.29, 0.717) is 30.0 Å². The lowest BCUT2D eigenvalue weighted by Crippen LogP contribution is -2.38. The third-order valence-electron chi connectivity index (χ3n) is 6.71. The molecule has 3 N–H and O–H groups in total. The van der Waals surface area contributed by atoms with Crippen LogP contribution in [0.5, 0.6) is 0 Å². The van der Waals surface area contributed by atoms with Crippen molar-refractivity contribution >= 4 is 29.1 Å². The monoisotopic (exact) mass is 529 g/mol. The zero-order chi connectivity index (χ0) is 28.2. The molecule has 1 fully saturated rings. The number of imidazole rings is 1. The molecule has 0 radical (unpaired) electrons. The van der Waals surface area contributed by atoms with Gasteiger partial charge in [0.2, 0.25) is 5.95 Å². The van der Waals surface area contributed by atoms with Gasteiger partial charge in [-0.2, -0.15) is 10.5 Å². The molecular weight excluding hydrogens is 506 g/mol. The van der Waals surface area contributed by atoms with Crippen molar-refractivity contribution in [2.75, 3.05) is 24.1 Å². The number of carbonyl (C=O) groups is 2. The predicted octanol–water partition coefficient (Wildman–Crippen LogP) is 3.10. The molecule has 1 aliphatic heterocycles. The number of carbonyl (C=O) groups excluding carboxylic acids is 2. The van der Waals surface area contributed by atoms with Crippen molar-refractivity contribution in [3.05, 3.63) is 71.2 Å². The van der Waals surface area contributed by atoms with Gasteiger partial charge in [-0.25, -0.2) is 15.0 Å². The van der Waals surface area contributed by atoms with Crippen molar-refractivity contribution in [3.63, 3.8) is 0 Å². The van der Waals surface area contributed by atoms with Crippen molar-refractivity contribution < 1.29 is 9.59 Å². The summed E-state index contributed by atoms with van der Waals surface area (Å²) in [6.45, 7) is 2.73. The minimum Gasteiger partial charge on any atom is -0.369 e. The van der Waals surface area contributed by atoms with E-state index >= 15 is 0 Å². The summed E-state index contributed by atoms with van der Waals surface area (Å²) < 4.78 is 1.69. The maximum atomic E-state index is 12.9. The Balaban J connectivity index is 1.52. The number of piperidine rings is 1. The highest BCUT2D eigenvalue weighted by Gasteiger charge is 2.29. The van der Waals surface area contributed by atoms with Gasteiger partial charge in [0.05, 0.1) is 34.5 Å². The molecule has 40 heavy (non-hydrogen) atoms. The quantitative estimate of drug-likeness (QED) is 0.380. The Kier molecular flexibility index (Phi) is 7.08. The molecule has 196 valence electrons. The van der Waals surface area contributed by atoms with Gasteiger partial charge in [-0.3, -0.25) is 14.0 Å². The van der Waals surface area contributed by atoms with Crippen LogP contribution in [-0.2, 0) is 4.79 Å². The van der Waals surface area contributed by atoms with Gasteiger partial charge in [-0.05, 0) is 62.1 Å². The molecule has 0 saturated carbocycles. The van der Waals surface area contributed by atoms with Gasteiger partial charge in [0, 0.05) is 42.5 Å². The number of nitrogens with one attached hydrogen (secondary N) is 1. The molecule has 1 atom stereocenters.